The van der Waals surface area contributed by atoms with Gasteiger partial charge >= 0.3 is 0 Å². The largest absolute Gasteiger partial charge is 0.494 e. The van der Waals surface area contributed by atoms with Gasteiger partial charge in [0.15, 0.2) is 0 Å². The van der Waals surface area contributed by atoms with E-state index >= 15 is 0 Å². The molecule has 3 rings (SSSR count). The number of hydrogen-bond acceptors (Lipinski definition) is 3. The number of carbonyl (C=O) groups is 1. The van der Waals surface area contributed by atoms with E-state index in [0.717, 1.165) is 24.2 Å². The highest BCUT2D eigenvalue weighted by Gasteiger charge is 2.41. The average molecular weight is 367 g/mol. The molecule has 2 aliphatic rings. The molecule has 2 saturated carbocycles. The van der Waals surface area contributed by atoms with Gasteiger partial charge in [-0.15, -0.1) is 12.4 Å². The molecule has 0 heterocycles. The molecule has 0 saturated heterocycles. The van der Waals surface area contributed by atoms with Crippen LogP contribution in [0.25, 0.3) is 0 Å². The quantitative estimate of drug-likeness (QED) is 0.865. The van der Waals surface area contributed by atoms with Crippen molar-refractivity contribution in [2.24, 2.45) is 23.5 Å². The van der Waals surface area contributed by atoms with Crippen LogP contribution < -0.4 is 10.5 Å². The summed E-state index contributed by atoms with van der Waals surface area (Å²) in [6, 6.07) is 8.30. The summed E-state index contributed by atoms with van der Waals surface area (Å²) in [5, 5.41) is 0. The van der Waals surface area contributed by atoms with Gasteiger partial charge in [0.25, 0.3) is 0 Å². The summed E-state index contributed by atoms with van der Waals surface area (Å²) in [5.74, 6) is 2.36. The molecule has 4 nitrogen and oxygen atoms in total. The molecule has 0 radical (unpaired) electrons. The predicted octanol–water partition coefficient (Wildman–Crippen LogP) is 3.62. The third-order valence-corrected chi connectivity index (χ3v) is 5.82. The van der Waals surface area contributed by atoms with Crippen LogP contribution in [-0.4, -0.2) is 30.5 Å². The lowest BCUT2D eigenvalue weighted by molar-refractivity contribution is -0.137. The monoisotopic (exact) mass is 366 g/mol. The molecule has 0 aliphatic heterocycles. The molecule has 2 fully saturated rings. The maximum Gasteiger partial charge on any atom is 0.225 e. The zero-order valence-corrected chi connectivity index (χ0v) is 16.1. The minimum atomic E-state index is 0. The summed E-state index contributed by atoms with van der Waals surface area (Å²) in [6.45, 7) is 3.22. The molecule has 2 atom stereocenters. The van der Waals surface area contributed by atoms with Gasteiger partial charge in [-0.3, -0.25) is 4.79 Å². The number of amides is 1. The molecule has 0 spiro atoms. The van der Waals surface area contributed by atoms with E-state index in [1.165, 1.54) is 19.3 Å². The minimum absolute atomic E-state index is 0. The van der Waals surface area contributed by atoms with Gasteiger partial charge in [-0.05, 0) is 50.5 Å². The van der Waals surface area contributed by atoms with Gasteiger partial charge < -0.3 is 15.4 Å². The lowest BCUT2D eigenvalue weighted by Crippen LogP contribution is -2.49. The second kappa shape index (κ2) is 8.91. The summed E-state index contributed by atoms with van der Waals surface area (Å²) in [7, 11) is 1.91. The molecular weight excluding hydrogens is 336 g/mol. The predicted molar refractivity (Wildman–Crippen MR) is 103 cm³/mol. The molecular formula is C20H31ClN2O2. The van der Waals surface area contributed by atoms with Crippen LogP contribution in [0.1, 0.15) is 44.6 Å². The van der Waals surface area contributed by atoms with Crippen molar-refractivity contribution in [3.63, 3.8) is 0 Å². The Morgan fingerprint density at radius 2 is 1.88 bits per heavy atom. The lowest BCUT2D eigenvalue weighted by atomic mass is 9.65. The zero-order chi connectivity index (χ0) is 17.1. The third-order valence-electron chi connectivity index (χ3n) is 5.82. The Kier molecular flexibility index (Phi) is 7.14. The summed E-state index contributed by atoms with van der Waals surface area (Å²) < 4.78 is 5.68. The van der Waals surface area contributed by atoms with Crippen molar-refractivity contribution in [1.29, 1.82) is 0 Å². The molecule has 2 N–H and O–H groups in total. The number of hydrogen-bond donors (Lipinski definition) is 1. The Morgan fingerprint density at radius 1 is 1.24 bits per heavy atom. The Morgan fingerprint density at radius 3 is 2.52 bits per heavy atom. The van der Waals surface area contributed by atoms with E-state index in [-0.39, 0.29) is 24.2 Å². The molecule has 2 aliphatic carbocycles. The first-order valence-corrected chi connectivity index (χ1v) is 9.31. The van der Waals surface area contributed by atoms with Crippen molar-refractivity contribution >= 4 is 18.3 Å². The van der Waals surface area contributed by atoms with E-state index in [1.54, 1.807) is 0 Å². The highest BCUT2D eigenvalue weighted by atomic mass is 35.5. The van der Waals surface area contributed by atoms with Crippen LogP contribution in [0.4, 0.5) is 0 Å². The number of nitrogens with zero attached hydrogens (tertiary/aromatic N) is 1. The van der Waals surface area contributed by atoms with Crippen LogP contribution in [0, 0.1) is 17.8 Å². The first-order valence-electron chi connectivity index (χ1n) is 9.31. The van der Waals surface area contributed by atoms with Gasteiger partial charge in [0.05, 0.1) is 6.61 Å². The van der Waals surface area contributed by atoms with E-state index in [1.807, 2.05) is 43.1 Å². The maximum absolute atomic E-state index is 13.0. The number of fused-ring (bicyclic) bond motifs is 2. The molecule has 1 aromatic rings. The lowest BCUT2D eigenvalue weighted by Gasteiger charge is -2.44. The fraction of sp³-hybridized carbons (Fsp3) is 0.650. The van der Waals surface area contributed by atoms with Gasteiger partial charge in [-0.2, -0.15) is 0 Å². The topological polar surface area (TPSA) is 55.6 Å². The molecule has 25 heavy (non-hydrogen) atoms. The SMILES string of the molecule is CCOc1ccccc1CN(C)C(=O)C1CC2CCCC(C1)C2N.Cl. The molecule has 1 aromatic carbocycles. The standard InChI is InChI=1S/C20H30N2O2.ClH/c1-3-24-18-10-5-4-7-16(18)13-22(2)20(23)17-11-14-8-6-9-15(12-17)19(14)21;/h4-5,7,10,14-15,17,19H,3,6,8-9,11-13,21H2,1-2H3;1H. The fourth-order valence-corrected chi connectivity index (χ4v) is 4.57. The van der Waals surface area contributed by atoms with Crippen LogP contribution in [-0.2, 0) is 11.3 Å². The number of benzene rings is 1. The number of para-hydroxylation sites is 1. The van der Waals surface area contributed by atoms with Crippen molar-refractivity contribution in [3.05, 3.63) is 29.8 Å². The van der Waals surface area contributed by atoms with Crippen LogP contribution in [0.2, 0.25) is 0 Å². The van der Waals surface area contributed by atoms with Crippen molar-refractivity contribution < 1.29 is 9.53 Å². The van der Waals surface area contributed by atoms with Crippen LogP contribution in [0.15, 0.2) is 24.3 Å². The van der Waals surface area contributed by atoms with Gasteiger partial charge in [-0.1, -0.05) is 24.6 Å². The number of rotatable bonds is 5. The first kappa shape index (κ1) is 20.1. The van der Waals surface area contributed by atoms with Crippen LogP contribution >= 0.6 is 12.4 Å². The Balaban J connectivity index is 0.00000225. The smallest absolute Gasteiger partial charge is 0.225 e. The van der Waals surface area contributed by atoms with Crippen LogP contribution in [0.5, 0.6) is 5.75 Å². The van der Waals surface area contributed by atoms with Gasteiger partial charge in [-0.25, -0.2) is 0 Å². The molecule has 5 heteroatoms. The molecule has 1 amide bonds. The van der Waals surface area contributed by atoms with E-state index in [9.17, 15) is 4.79 Å². The van der Waals surface area contributed by atoms with Crippen molar-refractivity contribution in [1.82, 2.24) is 4.90 Å². The fourth-order valence-electron chi connectivity index (χ4n) is 4.57. The average Bonchev–Trinajstić information content (AvgIpc) is 2.56. The third kappa shape index (κ3) is 4.48. The minimum Gasteiger partial charge on any atom is -0.494 e. The van der Waals surface area contributed by atoms with Gasteiger partial charge in [0.2, 0.25) is 5.91 Å². The van der Waals surface area contributed by atoms with Crippen molar-refractivity contribution in [3.8, 4) is 5.75 Å². The Labute approximate surface area is 157 Å². The summed E-state index contributed by atoms with van der Waals surface area (Å²) in [4.78, 5) is 14.8. The zero-order valence-electron chi connectivity index (χ0n) is 15.3. The summed E-state index contributed by atoms with van der Waals surface area (Å²) in [5.41, 5.74) is 7.43. The molecule has 0 aromatic heterocycles. The molecule has 2 bridgehead atoms. The number of halogens is 1. The summed E-state index contributed by atoms with van der Waals surface area (Å²) >= 11 is 0. The number of ether oxygens (including phenoxy) is 1. The Bertz CT molecular complexity index is 567. The van der Waals surface area contributed by atoms with E-state index in [0.29, 0.717) is 31.0 Å². The van der Waals surface area contributed by atoms with E-state index in [4.69, 9.17) is 10.5 Å². The number of nitrogens with two attached hydrogens (primary N) is 1. The molecule has 2 unspecified atom stereocenters. The van der Waals surface area contributed by atoms with Gasteiger partial charge in [0, 0.05) is 31.1 Å². The first-order chi connectivity index (χ1) is 11.6. The summed E-state index contributed by atoms with van der Waals surface area (Å²) in [6.07, 6.45) is 5.60. The maximum atomic E-state index is 13.0. The van der Waals surface area contributed by atoms with E-state index < -0.39 is 0 Å². The number of carbonyl (C=O) groups excluding carboxylic acids is 1. The van der Waals surface area contributed by atoms with Crippen molar-refractivity contribution in [2.45, 2.75) is 51.6 Å². The van der Waals surface area contributed by atoms with Gasteiger partial charge in [0.1, 0.15) is 5.75 Å². The highest BCUT2D eigenvalue weighted by Crippen LogP contribution is 2.42. The Hall–Kier alpha value is -1.26. The second-order valence-corrected chi connectivity index (χ2v) is 7.43. The highest BCUT2D eigenvalue weighted by molar-refractivity contribution is 5.85. The molecule has 140 valence electrons. The normalized spacial score (nSPS) is 28.0. The van der Waals surface area contributed by atoms with E-state index in [2.05, 4.69) is 0 Å². The van der Waals surface area contributed by atoms with Crippen LogP contribution in [0.3, 0.4) is 0 Å². The van der Waals surface area contributed by atoms with Crippen molar-refractivity contribution in [2.75, 3.05) is 13.7 Å². The second-order valence-electron chi connectivity index (χ2n) is 7.43.